The Labute approximate surface area is 114 Å². The molecule has 4 heteroatoms. The zero-order chi connectivity index (χ0) is 12.3. The van der Waals surface area contributed by atoms with Crippen LogP contribution in [0.3, 0.4) is 0 Å². The maximum atomic E-state index is 4.95. The smallest absolute Gasteiger partial charge is 0.157 e. The molecule has 0 aromatic carbocycles. The molecule has 2 nitrogen and oxygen atoms in total. The first-order valence-corrected chi connectivity index (χ1v) is 8.88. The number of nitrogens with zero attached hydrogens (tertiary/aromatic N) is 1. The van der Waals surface area contributed by atoms with Gasteiger partial charge in [-0.15, -0.1) is 0 Å². The quantitative estimate of drug-likeness (QED) is 0.832. The third-order valence-electron chi connectivity index (χ3n) is 3.60. The van der Waals surface area contributed by atoms with Crippen molar-refractivity contribution < 1.29 is 0 Å². The molecule has 17 heavy (non-hydrogen) atoms. The van der Waals surface area contributed by atoms with Crippen LogP contribution in [0.5, 0.6) is 0 Å². The highest BCUT2D eigenvalue weighted by Crippen LogP contribution is 2.30. The lowest BCUT2D eigenvalue weighted by atomic mass is 9.95. The Hall–Kier alpha value is 0.170. The van der Waals surface area contributed by atoms with Crippen LogP contribution in [0.2, 0.25) is 0 Å². The molecule has 4 unspecified atom stereocenters. The maximum absolute atomic E-state index is 4.95. The summed E-state index contributed by atoms with van der Waals surface area (Å²) in [6.45, 7) is 4.57. The molecule has 1 heterocycles. The highest BCUT2D eigenvalue weighted by Gasteiger charge is 2.24. The van der Waals surface area contributed by atoms with E-state index in [1.165, 1.54) is 37.3 Å². The number of rotatable bonds is 2. The molecule has 1 saturated carbocycles. The molecular formula is C13H24N2S2. The van der Waals surface area contributed by atoms with Crippen molar-refractivity contribution in [2.24, 2.45) is 4.99 Å². The molecule has 1 aliphatic heterocycles. The first-order chi connectivity index (χ1) is 8.17. The van der Waals surface area contributed by atoms with Gasteiger partial charge < -0.3 is 5.32 Å². The molecule has 0 aromatic rings. The van der Waals surface area contributed by atoms with Gasteiger partial charge in [0.05, 0.1) is 6.04 Å². The van der Waals surface area contributed by atoms with Crippen molar-refractivity contribution in [3.63, 3.8) is 0 Å². The van der Waals surface area contributed by atoms with E-state index in [9.17, 15) is 0 Å². The highest BCUT2D eigenvalue weighted by molar-refractivity contribution is 8.14. The van der Waals surface area contributed by atoms with Gasteiger partial charge in [0.25, 0.3) is 0 Å². The van der Waals surface area contributed by atoms with Crippen LogP contribution in [-0.4, -0.2) is 34.0 Å². The highest BCUT2D eigenvalue weighted by atomic mass is 32.2. The Morgan fingerprint density at radius 2 is 2.12 bits per heavy atom. The summed E-state index contributed by atoms with van der Waals surface area (Å²) >= 11 is 3.94. The minimum absolute atomic E-state index is 0.564. The first kappa shape index (κ1) is 13.6. The third-order valence-corrected chi connectivity index (χ3v) is 5.74. The van der Waals surface area contributed by atoms with Crippen LogP contribution in [-0.2, 0) is 0 Å². The van der Waals surface area contributed by atoms with Gasteiger partial charge >= 0.3 is 0 Å². The molecule has 2 fully saturated rings. The van der Waals surface area contributed by atoms with Crippen LogP contribution in [0.1, 0.15) is 46.0 Å². The molecule has 0 radical (unpaired) electrons. The van der Waals surface area contributed by atoms with Crippen LogP contribution in [0.4, 0.5) is 0 Å². The van der Waals surface area contributed by atoms with Crippen LogP contribution in [0, 0.1) is 0 Å². The molecule has 1 saturated heterocycles. The van der Waals surface area contributed by atoms with Gasteiger partial charge in [-0.1, -0.05) is 25.1 Å². The van der Waals surface area contributed by atoms with E-state index in [0.29, 0.717) is 17.3 Å². The lowest BCUT2D eigenvalue weighted by Crippen LogP contribution is -2.39. The zero-order valence-corrected chi connectivity index (χ0v) is 12.7. The van der Waals surface area contributed by atoms with Crippen molar-refractivity contribution in [3.8, 4) is 0 Å². The number of hydrogen-bond donors (Lipinski definition) is 1. The summed E-state index contributed by atoms with van der Waals surface area (Å²) in [6, 6.07) is 1.15. The first-order valence-electron chi connectivity index (χ1n) is 6.71. The predicted octanol–water partition coefficient (Wildman–Crippen LogP) is 3.52. The van der Waals surface area contributed by atoms with Gasteiger partial charge in [0.15, 0.2) is 5.17 Å². The van der Waals surface area contributed by atoms with E-state index < -0.39 is 0 Å². The average Bonchev–Trinajstić information content (AvgIpc) is 2.28. The Morgan fingerprint density at radius 1 is 1.29 bits per heavy atom. The molecule has 2 aliphatic rings. The lowest BCUT2D eigenvalue weighted by molar-refractivity contribution is 0.452. The van der Waals surface area contributed by atoms with Crippen LogP contribution in [0.25, 0.3) is 0 Å². The fourth-order valence-electron chi connectivity index (χ4n) is 2.73. The number of thioether (sulfide) groups is 2. The summed E-state index contributed by atoms with van der Waals surface area (Å²) in [4.78, 5) is 4.95. The van der Waals surface area contributed by atoms with E-state index in [0.717, 1.165) is 5.25 Å². The van der Waals surface area contributed by atoms with Crippen molar-refractivity contribution in [1.29, 1.82) is 0 Å². The van der Waals surface area contributed by atoms with Gasteiger partial charge in [-0.05, 0) is 38.9 Å². The topological polar surface area (TPSA) is 24.4 Å². The van der Waals surface area contributed by atoms with Gasteiger partial charge in [0.2, 0.25) is 0 Å². The van der Waals surface area contributed by atoms with Gasteiger partial charge in [0.1, 0.15) is 0 Å². The summed E-state index contributed by atoms with van der Waals surface area (Å²) in [5, 5.41) is 6.28. The molecule has 1 aliphatic carbocycles. The van der Waals surface area contributed by atoms with E-state index in [1.807, 2.05) is 23.5 Å². The van der Waals surface area contributed by atoms with Crippen molar-refractivity contribution >= 4 is 28.7 Å². The van der Waals surface area contributed by atoms with E-state index in [4.69, 9.17) is 4.99 Å². The van der Waals surface area contributed by atoms with Gasteiger partial charge in [-0.2, -0.15) is 11.8 Å². The second kappa shape index (κ2) is 6.37. The summed E-state index contributed by atoms with van der Waals surface area (Å²) in [7, 11) is 0. The normalized spacial score (nSPS) is 41.2. The van der Waals surface area contributed by atoms with E-state index in [2.05, 4.69) is 25.4 Å². The summed E-state index contributed by atoms with van der Waals surface area (Å²) < 4.78 is 0. The Balaban J connectivity index is 1.93. The van der Waals surface area contributed by atoms with Crippen molar-refractivity contribution in [2.75, 3.05) is 6.26 Å². The largest absolute Gasteiger partial charge is 0.362 e. The van der Waals surface area contributed by atoms with E-state index >= 15 is 0 Å². The summed E-state index contributed by atoms with van der Waals surface area (Å²) in [6.07, 6.45) is 8.78. The Kier molecular flexibility index (Phi) is 5.10. The predicted molar refractivity (Wildman–Crippen MR) is 81.3 cm³/mol. The molecule has 1 N–H and O–H groups in total. The molecular weight excluding hydrogens is 248 g/mol. The minimum Gasteiger partial charge on any atom is -0.362 e. The van der Waals surface area contributed by atoms with Crippen LogP contribution in [0.15, 0.2) is 4.99 Å². The molecule has 0 spiro atoms. The van der Waals surface area contributed by atoms with Gasteiger partial charge in [0, 0.05) is 16.5 Å². The molecule has 4 atom stereocenters. The average molecular weight is 272 g/mol. The molecule has 2 rings (SSSR count). The molecule has 0 amide bonds. The van der Waals surface area contributed by atoms with Crippen molar-refractivity contribution in [3.05, 3.63) is 0 Å². The standard InChI is InChI=1S/C13H24N2S2/c1-9-7-10(2)17-13(14-9)15-11-5-4-6-12(8-11)16-3/h9-12H,4-8H2,1-3H3,(H,14,15). The minimum atomic E-state index is 0.564. The number of amidine groups is 1. The van der Waals surface area contributed by atoms with Crippen LogP contribution >= 0.6 is 23.5 Å². The number of hydrogen-bond acceptors (Lipinski definition) is 3. The second-order valence-electron chi connectivity index (χ2n) is 5.32. The van der Waals surface area contributed by atoms with Gasteiger partial charge in [-0.25, -0.2) is 0 Å². The lowest BCUT2D eigenvalue weighted by Gasteiger charge is -2.30. The Morgan fingerprint density at radius 3 is 2.82 bits per heavy atom. The molecule has 0 aromatic heterocycles. The molecule has 0 bridgehead atoms. The van der Waals surface area contributed by atoms with E-state index in [-0.39, 0.29) is 0 Å². The second-order valence-corrected chi connectivity index (χ2v) is 7.89. The summed E-state index contributed by atoms with van der Waals surface area (Å²) in [5.41, 5.74) is 0. The van der Waals surface area contributed by atoms with Crippen molar-refractivity contribution in [2.45, 2.75) is 68.5 Å². The van der Waals surface area contributed by atoms with E-state index in [1.54, 1.807) is 0 Å². The maximum Gasteiger partial charge on any atom is 0.157 e. The molecule has 98 valence electrons. The fourth-order valence-corrected chi connectivity index (χ4v) is 4.79. The fraction of sp³-hybridized carbons (Fsp3) is 0.923. The SMILES string of the molecule is CSC1CCCC(N=C2NC(C)CC(C)S2)C1. The third kappa shape index (κ3) is 4.09. The van der Waals surface area contributed by atoms with Crippen molar-refractivity contribution in [1.82, 2.24) is 5.32 Å². The number of nitrogens with one attached hydrogen (secondary N) is 1. The number of aliphatic imine (C=N–C) groups is 1. The monoisotopic (exact) mass is 272 g/mol. The summed E-state index contributed by atoms with van der Waals surface area (Å²) in [5.74, 6) is 0. The Bertz CT molecular complexity index is 269. The zero-order valence-electron chi connectivity index (χ0n) is 11.1. The van der Waals surface area contributed by atoms with Crippen LogP contribution < -0.4 is 5.32 Å². The van der Waals surface area contributed by atoms with Gasteiger partial charge in [-0.3, -0.25) is 4.99 Å².